The number of carbonyl (C=O) groups is 1. The molecule has 1 atom stereocenters. The van der Waals surface area contributed by atoms with Crippen LogP contribution in [0.4, 0.5) is 0 Å². The van der Waals surface area contributed by atoms with Crippen molar-refractivity contribution in [2.75, 3.05) is 26.8 Å². The van der Waals surface area contributed by atoms with Gasteiger partial charge in [-0.25, -0.2) is 4.98 Å². The van der Waals surface area contributed by atoms with Crippen molar-refractivity contribution >= 4 is 17.2 Å². The van der Waals surface area contributed by atoms with Gasteiger partial charge in [-0.2, -0.15) is 0 Å². The molecule has 2 heterocycles. The molecular formula is C11H16N2O2S. The minimum absolute atomic E-state index is 0.0104. The van der Waals surface area contributed by atoms with Crippen molar-refractivity contribution in [2.24, 2.45) is 5.92 Å². The van der Waals surface area contributed by atoms with E-state index in [0.717, 1.165) is 31.2 Å². The molecule has 1 saturated heterocycles. The van der Waals surface area contributed by atoms with E-state index >= 15 is 0 Å². The largest absolute Gasteiger partial charge is 0.381 e. The first-order valence-corrected chi connectivity index (χ1v) is 6.30. The van der Waals surface area contributed by atoms with Crippen LogP contribution in [-0.4, -0.2) is 42.6 Å². The lowest BCUT2D eigenvalue weighted by Crippen LogP contribution is -2.32. The van der Waals surface area contributed by atoms with Crippen molar-refractivity contribution in [2.45, 2.75) is 13.3 Å². The molecule has 0 saturated carbocycles. The van der Waals surface area contributed by atoms with E-state index in [9.17, 15) is 4.79 Å². The van der Waals surface area contributed by atoms with Crippen molar-refractivity contribution in [3.8, 4) is 0 Å². The number of amides is 1. The first-order chi connectivity index (χ1) is 7.66. The van der Waals surface area contributed by atoms with Crippen LogP contribution in [0.25, 0.3) is 0 Å². The summed E-state index contributed by atoms with van der Waals surface area (Å²) in [5.74, 6) is 0.491. The molecule has 0 spiro atoms. The number of aromatic nitrogens is 1. The molecule has 16 heavy (non-hydrogen) atoms. The third-order valence-corrected chi connectivity index (χ3v) is 3.51. The molecule has 1 aliphatic heterocycles. The first kappa shape index (κ1) is 11.5. The monoisotopic (exact) mass is 240 g/mol. The minimum Gasteiger partial charge on any atom is -0.381 e. The lowest BCUT2D eigenvalue weighted by atomic mass is 10.1. The number of aryl methyl sites for hydroxylation is 1. The zero-order chi connectivity index (χ0) is 11.5. The Bertz CT molecular complexity index is 372. The van der Waals surface area contributed by atoms with Gasteiger partial charge in [-0.3, -0.25) is 4.79 Å². The fraction of sp³-hybridized carbons (Fsp3) is 0.636. The fourth-order valence-electron chi connectivity index (χ4n) is 1.85. The summed E-state index contributed by atoms with van der Waals surface area (Å²) >= 11 is 1.51. The van der Waals surface area contributed by atoms with Crippen LogP contribution < -0.4 is 0 Å². The normalized spacial score (nSPS) is 20.0. The van der Waals surface area contributed by atoms with Gasteiger partial charge in [-0.15, -0.1) is 11.3 Å². The molecule has 1 aliphatic rings. The Labute approximate surface area is 99.2 Å². The second-order valence-corrected chi connectivity index (χ2v) is 5.23. The highest BCUT2D eigenvalue weighted by Crippen LogP contribution is 2.15. The molecular weight excluding hydrogens is 224 g/mol. The SMILES string of the molecule is Cc1nc(C(=O)N(C)C[C@@H]2CCOC2)cs1. The number of ether oxygens (including phenoxy) is 1. The van der Waals surface area contributed by atoms with Crippen LogP contribution in [0.2, 0.25) is 0 Å². The number of rotatable bonds is 3. The zero-order valence-corrected chi connectivity index (χ0v) is 10.4. The van der Waals surface area contributed by atoms with E-state index in [2.05, 4.69) is 4.98 Å². The first-order valence-electron chi connectivity index (χ1n) is 5.42. The van der Waals surface area contributed by atoms with Crippen LogP contribution in [0.1, 0.15) is 21.9 Å². The quantitative estimate of drug-likeness (QED) is 0.805. The Balaban J connectivity index is 1.93. The number of carbonyl (C=O) groups excluding carboxylic acids is 1. The average molecular weight is 240 g/mol. The number of hydrogen-bond acceptors (Lipinski definition) is 4. The van der Waals surface area contributed by atoms with E-state index in [1.54, 1.807) is 4.90 Å². The van der Waals surface area contributed by atoms with Crippen LogP contribution >= 0.6 is 11.3 Å². The minimum atomic E-state index is 0.0104. The highest BCUT2D eigenvalue weighted by molar-refractivity contribution is 7.09. The van der Waals surface area contributed by atoms with Gasteiger partial charge < -0.3 is 9.64 Å². The van der Waals surface area contributed by atoms with E-state index in [0.29, 0.717) is 11.6 Å². The molecule has 1 aromatic rings. The predicted octanol–water partition coefficient (Wildman–Crippen LogP) is 1.56. The van der Waals surface area contributed by atoms with Gasteiger partial charge in [0.25, 0.3) is 5.91 Å². The Morgan fingerprint density at radius 1 is 1.75 bits per heavy atom. The molecule has 1 aromatic heterocycles. The molecule has 0 unspecified atom stereocenters. The van der Waals surface area contributed by atoms with Crippen LogP contribution in [0.15, 0.2) is 5.38 Å². The molecule has 1 amide bonds. The summed E-state index contributed by atoms with van der Waals surface area (Å²) in [7, 11) is 1.83. The summed E-state index contributed by atoms with van der Waals surface area (Å²) < 4.78 is 5.30. The van der Waals surface area contributed by atoms with Crippen LogP contribution in [0.5, 0.6) is 0 Å². The Kier molecular flexibility index (Phi) is 3.56. The lowest BCUT2D eigenvalue weighted by Gasteiger charge is -2.19. The Hall–Kier alpha value is -0.940. The summed E-state index contributed by atoms with van der Waals surface area (Å²) in [6.07, 6.45) is 1.05. The highest BCUT2D eigenvalue weighted by atomic mass is 32.1. The van der Waals surface area contributed by atoms with Gasteiger partial charge in [-0.1, -0.05) is 0 Å². The molecule has 2 rings (SSSR count). The van der Waals surface area contributed by atoms with Crippen LogP contribution in [0.3, 0.4) is 0 Å². The molecule has 0 aromatic carbocycles. The van der Waals surface area contributed by atoms with Gasteiger partial charge >= 0.3 is 0 Å². The highest BCUT2D eigenvalue weighted by Gasteiger charge is 2.21. The van der Waals surface area contributed by atoms with E-state index in [1.807, 2.05) is 19.4 Å². The third-order valence-electron chi connectivity index (χ3n) is 2.74. The summed E-state index contributed by atoms with van der Waals surface area (Å²) in [4.78, 5) is 17.9. The van der Waals surface area contributed by atoms with Crippen molar-refractivity contribution in [3.63, 3.8) is 0 Å². The van der Waals surface area contributed by atoms with Gasteiger partial charge in [0, 0.05) is 31.5 Å². The van der Waals surface area contributed by atoms with Crippen molar-refractivity contribution in [1.29, 1.82) is 0 Å². The van der Waals surface area contributed by atoms with E-state index in [4.69, 9.17) is 4.74 Å². The van der Waals surface area contributed by atoms with Gasteiger partial charge in [0.05, 0.1) is 11.6 Å². The maximum atomic E-state index is 12.0. The van der Waals surface area contributed by atoms with Gasteiger partial charge in [0.2, 0.25) is 0 Å². The molecule has 4 nitrogen and oxygen atoms in total. The van der Waals surface area contributed by atoms with Crippen LogP contribution in [-0.2, 0) is 4.74 Å². The van der Waals surface area contributed by atoms with Gasteiger partial charge in [0.1, 0.15) is 5.69 Å². The zero-order valence-electron chi connectivity index (χ0n) is 9.60. The summed E-state index contributed by atoms with van der Waals surface area (Å²) in [5.41, 5.74) is 0.559. The molecule has 88 valence electrons. The number of hydrogen-bond donors (Lipinski definition) is 0. The van der Waals surface area contributed by atoms with Crippen LogP contribution in [0, 0.1) is 12.8 Å². The maximum Gasteiger partial charge on any atom is 0.273 e. The maximum absolute atomic E-state index is 12.0. The van der Waals surface area contributed by atoms with E-state index in [-0.39, 0.29) is 5.91 Å². The van der Waals surface area contributed by atoms with E-state index < -0.39 is 0 Å². The van der Waals surface area contributed by atoms with Gasteiger partial charge in [-0.05, 0) is 13.3 Å². The predicted molar refractivity (Wildman–Crippen MR) is 62.7 cm³/mol. The van der Waals surface area contributed by atoms with E-state index in [1.165, 1.54) is 11.3 Å². The van der Waals surface area contributed by atoms with Crippen molar-refractivity contribution in [3.05, 3.63) is 16.1 Å². The van der Waals surface area contributed by atoms with Crippen molar-refractivity contribution < 1.29 is 9.53 Å². The summed E-state index contributed by atoms with van der Waals surface area (Å²) in [6.45, 7) is 4.26. The number of thiazole rings is 1. The second-order valence-electron chi connectivity index (χ2n) is 4.17. The lowest BCUT2D eigenvalue weighted by molar-refractivity contribution is 0.0761. The molecule has 0 bridgehead atoms. The Morgan fingerprint density at radius 2 is 2.56 bits per heavy atom. The molecule has 0 N–H and O–H groups in total. The fourth-order valence-corrected chi connectivity index (χ4v) is 2.44. The third kappa shape index (κ3) is 2.59. The summed E-state index contributed by atoms with van der Waals surface area (Å²) in [6, 6.07) is 0. The van der Waals surface area contributed by atoms with Crippen molar-refractivity contribution in [1.82, 2.24) is 9.88 Å². The second kappa shape index (κ2) is 4.93. The molecule has 1 fully saturated rings. The number of nitrogens with zero attached hydrogens (tertiary/aromatic N) is 2. The molecule has 0 aliphatic carbocycles. The molecule has 0 radical (unpaired) electrons. The van der Waals surface area contributed by atoms with Gasteiger partial charge in [0.15, 0.2) is 0 Å². The average Bonchev–Trinajstić information content (AvgIpc) is 2.88. The molecule has 5 heteroatoms. The smallest absolute Gasteiger partial charge is 0.273 e. The standard InChI is InChI=1S/C11H16N2O2S/c1-8-12-10(7-16-8)11(14)13(2)5-9-3-4-15-6-9/h7,9H,3-6H2,1-2H3/t9-/m0/s1. The Morgan fingerprint density at radius 3 is 3.12 bits per heavy atom. The topological polar surface area (TPSA) is 42.4 Å². The summed E-state index contributed by atoms with van der Waals surface area (Å²) in [5, 5.41) is 2.75.